The maximum Gasteiger partial charge on any atom is 0.164 e. The summed E-state index contributed by atoms with van der Waals surface area (Å²) in [6.45, 7) is 0. The number of hydrogen-bond acceptors (Lipinski definition) is 3. The van der Waals surface area contributed by atoms with Gasteiger partial charge in [0.2, 0.25) is 0 Å². The molecule has 0 saturated heterocycles. The Morgan fingerprint density at radius 2 is 0.784 bits per heavy atom. The minimum atomic E-state index is 0.581. The highest BCUT2D eigenvalue weighted by Gasteiger charge is 2.15. The molecule has 37 heavy (non-hydrogen) atoms. The first-order valence-electron chi connectivity index (χ1n) is 12.1. The van der Waals surface area contributed by atoms with Crippen molar-refractivity contribution in [1.29, 1.82) is 0 Å². The molecule has 0 fully saturated rings. The average molecular weight is 496 g/mol. The Morgan fingerprint density at radius 3 is 1.30 bits per heavy atom. The highest BCUT2D eigenvalue weighted by molar-refractivity contribution is 6.33. The summed E-state index contributed by atoms with van der Waals surface area (Å²) in [4.78, 5) is 14.4. The van der Waals surface area contributed by atoms with Gasteiger partial charge in [-0.1, -0.05) is 139 Å². The summed E-state index contributed by atoms with van der Waals surface area (Å²) in [6, 6.07) is 44.6. The van der Waals surface area contributed by atoms with Gasteiger partial charge in [0.15, 0.2) is 17.5 Å². The smallest absolute Gasteiger partial charge is 0.164 e. The molecule has 0 aliphatic carbocycles. The van der Waals surface area contributed by atoms with Gasteiger partial charge in [0.25, 0.3) is 0 Å². The minimum Gasteiger partial charge on any atom is -0.208 e. The largest absolute Gasteiger partial charge is 0.208 e. The van der Waals surface area contributed by atoms with Crippen molar-refractivity contribution in [1.82, 2.24) is 15.0 Å². The average Bonchev–Trinajstić information content (AvgIpc) is 2.98. The van der Waals surface area contributed by atoms with Crippen LogP contribution in [0.2, 0.25) is 5.02 Å². The van der Waals surface area contributed by atoms with Crippen molar-refractivity contribution in [2.75, 3.05) is 0 Å². The molecule has 6 rings (SSSR count). The van der Waals surface area contributed by atoms with Crippen LogP contribution in [0.15, 0.2) is 133 Å². The topological polar surface area (TPSA) is 38.7 Å². The molecule has 1 aromatic heterocycles. The molecule has 176 valence electrons. The van der Waals surface area contributed by atoms with Crippen LogP contribution in [0.1, 0.15) is 0 Å². The normalized spacial score (nSPS) is 10.8. The fraction of sp³-hybridized carbons (Fsp3) is 0. The number of benzene rings is 5. The second kappa shape index (κ2) is 10.2. The predicted molar refractivity (Wildman–Crippen MR) is 152 cm³/mol. The van der Waals surface area contributed by atoms with Gasteiger partial charge in [-0.2, -0.15) is 0 Å². The molecule has 0 N–H and O–H groups in total. The number of rotatable bonds is 5. The van der Waals surface area contributed by atoms with E-state index in [4.69, 9.17) is 26.6 Å². The summed E-state index contributed by atoms with van der Waals surface area (Å²) in [5.74, 6) is 1.83. The molecule has 4 heteroatoms. The van der Waals surface area contributed by atoms with E-state index in [0.717, 1.165) is 38.9 Å². The molecule has 0 radical (unpaired) electrons. The van der Waals surface area contributed by atoms with Gasteiger partial charge in [-0.05, 0) is 22.8 Å². The fourth-order valence-electron chi connectivity index (χ4n) is 4.40. The summed E-state index contributed by atoms with van der Waals surface area (Å²) < 4.78 is 0. The van der Waals surface area contributed by atoms with Crippen molar-refractivity contribution in [3.05, 3.63) is 138 Å². The molecule has 0 spiro atoms. The summed E-state index contributed by atoms with van der Waals surface area (Å²) in [5.41, 5.74) is 7.03. The SMILES string of the molecule is Clc1cc(-c2nc(-c3ccccc3)nc(-c3ccccc3)n2)ccc1-c1ccccc1-c1ccccc1. The number of hydrogen-bond donors (Lipinski definition) is 0. The van der Waals surface area contributed by atoms with E-state index in [1.807, 2.05) is 103 Å². The summed E-state index contributed by atoms with van der Waals surface area (Å²) in [6.07, 6.45) is 0. The molecular formula is C33H22ClN3. The standard InChI is InChI=1S/C33H22ClN3/c34-30-22-26(20-21-29(30)28-19-11-10-18-27(28)23-12-4-1-5-13-23)33-36-31(24-14-6-2-7-15-24)35-32(37-33)25-16-8-3-9-17-25/h1-22H. The van der Waals surface area contributed by atoms with E-state index in [1.54, 1.807) is 0 Å². The summed E-state index contributed by atoms with van der Waals surface area (Å²) in [5, 5.41) is 0.642. The Bertz CT molecular complexity index is 1610. The first kappa shape index (κ1) is 22.8. The van der Waals surface area contributed by atoms with Gasteiger partial charge in [-0.25, -0.2) is 15.0 Å². The van der Waals surface area contributed by atoms with Crippen molar-refractivity contribution in [2.24, 2.45) is 0 Å². The van der Waals surface area contributed by atoms with Crippen LogP contribution in [0.4, 0.5) is 0 Å². The van der Waals surface area contributed by atoms with Crippen LogP contribution in [-0.4, -0.2) is 15.0 Å². The monoisotopic (exact) mass is 495 g/mol. The lowest BCUT2D eigenvalue weighted by atomic mass is 9.94. The third kappa shape index (κ3) is 4.77. The second-order valence-corrected chi connectivity index (χ2v) is 9.05. The van der Waals surface area contributed by atoms with Crippen LogP contribution < -0.4 is 0 Å². The third-order valence-electron chi connectivity index (χ3n) is 6.23. The molecular weight excluding hydrogens is 474 g/mol. The Hall–Kier alpha value is -4.60. The number of aromatic nitrogens is 3. The highest BCUT2D eigenvalue weighted by atomic mass is 35.5. The lowest BCUT2D eigenvalue weighted by molar-refractivity contribution is 1.07. The van der Waals surface area contributed by atoms with Gasteiger partial charge in [-0.15, -0.1) is 0 Å². The molecule has 0 atom stereocenters. The van der Waals surface area contributed by atoms with Crippen LogP contribution in [0.5, 0.6) is 0 Å². The molecule has 0 unspecified atom stereocenters. The van der Waals surface area contributed by atoms with Gasteiger partial charge in [0.1, 0.15) is 0 Å². The van der Waals surface area contributed by atoms with Crippen molar-refractivity contribution < 1.29 is 0 Å². The lowest BCUT2D eigenvalue weighted by Gasteiger charge is -2.13. The highest BCUT2D eigenvalue weighted by Crippen LogP contribution is 2.37. The summed E-state index contributed by atoms with van der Waals surface area (Å²) >= 11 is 6.92. The Balaban J connectivity index is 1.46. The van der Waals surface area contributed by atoms with Crippen LogP contribution >= 0.6 is 11.6 Å². The zero-order valence-electron chi connectivity index (χ0n) is 19.9. The zero-order chi connectivity index (χ0) is 25.0. The second-order valence-electron chi connectivity index (χ2n) is 8.64. The zero-order valence-corrected chi connectivity index (χ0v) is 20.7. The molecule has 6 aromatic rings. The fourth-order valence-corrected chi connectivity index (χ4v) is 4.68. The Morgan fingerprint density at radius 1 is 0.351 bits per heavy atom. The Kier molecular flexibility index (Phi) is 6.28. The Labute approximate surface area is 221 Å². The van der Waals surface area contributed by atoms with E-state index in [2.05, 4.69) is 30.3 Å². The van der Waals surface area contributed by atoms with Crippen molar-refractivity contribution >= 4 is 11.6 Å². The van der Waals surface area contributed by atoms with E-state index in [1.165, 1.54) is 0 Å². The first-order chi connectivity index (χ1) is 18.3. The van der Waals surface area contributed by atoms with Crippen LogP contribution in [0, 0.1) is 0 Å². The molecule has 5 aromatic carbocycles. The molecule has 0 saturated carbocycles. The van der Waals surface area contributed by atoms with Gasteiger partial charge >= 0.3 is 0 Å². The molecule has 0 aliphatic heterocycles. The van der Waals surface area contributed by atoms with Crippen LogP contribution in [-0.2, 0) is 0 Å². The predicted octanol–water partition coefficient (Wildman–Crippen LogP) is 8.86. The number of halogens is 1. The van der Waals surface area contributed by atoms with Gasteiger partial charge in [-0.3, -0.25) is 0 Å². The van der Waals surface area contributed by atoms with E-state index >= 15 is 0 Å². The molecule has 0 bridgehead atoms. The van der Waals surface area contributed by atoms with Gasteiger partial charge < -0.3 is 0 Å². The van der Waals surface area contributed by atoms with Gasteiger partial charge in [0.05, 0.1) is 0 Å². The van der Waals surface area contributed by atoms with E-state index < -0.39 is 0 Å². The maximum atomic E-state index is 6.92. The van der Waals surface area contributed by atoms with Crippen LogP contribution in [0.25, 0.3) is 56.4 Å². The maximum absolute atomic E-state index is 6.92. The molecule has 3 nitrogen and oxygen atoms in total. The summed E-state index contributed by atoms with van der Waals surface area (Å²) in [7, 11) is 0. The van der Waals surface area contributed by atoms with E-state index in [0.29, 0.717) is 22.5 Å². The van der Waals surface area contributed by atoms with Gasteiger partial charge in [0, 0.05) is 27.3 Å². The lowest BCUT2D eigenvalue weighted by Crippen LogP contribution is -2.00. The molecule has 0 aliphatic rings. The first-order valence-corrected chi connectivity index (χ1v) is 12.5. The van der Waals surface area contributed by atoms with Crippen molar-refractivity contribution in [3.63, 3.8) is 0 Å². The quantitative estimate of drug-likeness (QED) is 0.240. The third-order valence-corrected chi connectivity index (χ3v) is 6.54. The van der Waals surface area contributed by atoms with E-state index in [9.17, 15) is 0 Å². The minimum absolute atomic E-state index is 0.581. The number of nitrogens with zero attached hydrogens (tertiary/aromatic N) is 3. The van der Waals surface area contributed by atoms with E-state index in [-0.39, 0.29) is 0 Å². The van der Waals surface area contributed by atoms with Crippen LogP contribution in [0.3, 0.4) is 0 Å². The van der Waals surface area contributed by atoms with Crippen molar-refractivity contribution in [3.8, 4) is 56.4 Å². The molecule has 0 amide bonds. The molecule has 1 heterocycles. The van der Waals surface area contributed by atoms with Crippen molar-refractivity contribution in [2.45, 2.75) is 0 Å².